The van der Waals surface area contributed by atoms with Crippen molar-refractivity contribution in [3.8, 4) is 28.7 Å². The van der Waals surface area contributed by atoms with E-state index in [0.29, 0.717) is 62.9 Å². The van der Waals surface area contributed by atoms with Gasteiger partial charge in [-0.3, -0.25) is 53.6 Å². The predicted molar refractivity (Wildman–Crippen MR) is 410 cm³/mol. The number of primary amides is 1. The number of para-hydroxylation sites is 1. The molecule has 9 aliphatic heterocycles. The molecule has 3 fully saturated rings. The van der Waals surface area contributed by atoms with Crippen LogP contribution in [0.5, 0.6) is 28.7 Å². The average Bonchev–Trinajstić information content (AvgIpc) is 1.48. The molecule has 3 saturated heterocycles. The number of rotatable bonds is 34. The number of phenols is 1. The van der Waals surface area contributed by atoms with Crippen LogP contribution < -0.4 is 61.9 Å². The van der Waals surface area contributed by atoms with Crippen LogP contribution in [-0.2, 0) is 90.9 Å². The van der Waals surface area contributed by atoms with Gasteiger partial charge in [-0.15, -0.1) is 11.8 Å². The molecule has 34 nitrogen and oxygen atoms in total. The molecule has 0 radical (unpaired) electrons. The molecule has 5 aromatic rings. The molecule has 14 rings (SSSR count). The van der Waals surface area contributed by atoms with Crippen molar-refractivity contribution in [2.24, 2.45) is 11.7 Å². The number of amides is 9. The summed E-state index contributed by atoms with van der Waals surface area (Å²) in [6.07, 6.45) is 2.37. The number of imide groups is 1. The van der Waals surface area contributed by atoms with Gasteiger partial charge in [0.05, 0.1) is 83.0 Å². The summed E-state index contributed by atoms with van der Waals surface area (Å²) in [5, 5.41) is 46.2. The summed E-state index contributed by atoms with van der Waals surface area (Å²) in [5.74, 6) is -3.16. The fraction of sp³-hybridized carbons (Fsp3) is 0.519. The quantitative estimate of drug-likeness (QED) is 0.0121. The van der Waals surface area contributed by atoms with Gasteiger partial charge in [0.15, 0.2) is 28.5 Å². The highest BCUT2D eigenvalue weighted by Crippen LogP contribution is 2.71. The van der Waals surface area contributed by atoms with Gasteiger partial charge in [0.1, 0.15) is 36.8 Å². The molecule has 10 atom stereocenters. The topological polar surface area (TPSA) is 439 Å². The first-order chi connectivity index (χ1) is 54.7. The van der Waals surface area contributed by atoms with Crippen LogP contribution in [0.1, 0.15) is 127 Å². The van der Waals surface area contributed by atoms with Crippen LogP contribution in [0.15, 0.2) is 66.7 Å². The number of aromatic nitrogens is 1. The van der Waals surface area contributed by atoms with Crippen molar-refractivity contribution >= 4 is 87.9 Å². The second-order valence-corrected chi connectivity index (χ2v) is 31.2. The van der Waals surface area contributed by atoms with Gasteiger partial charge in [0, 0.05) is 133 Å². The van der Waals surface area contributed by atoms with Gasteiger partial charge >= 0.3 is 24.1 Å². The first-order valence-corrected chi connectivity index (χ1v) is 39.3. The van der Waals surface area contributed by atoms with Gasteiger partial charge in [-0.1, -0.05) is 44.2 Å². The van der Waals surface area contributed by atoms with E-state index in [1.807, 2.05) is 42.2 Å². The molecular weight excluding hydrogens is 1500 g/mol. The first-order valence-electron chi connectivity index (χ1n) is 38.3. The first kappa shape index (κ1) is 81.9. The number of nitrogens with two attached hydrogens (primary N) is 1. The number of phenolic OH excluding ortho intramolecular Hbond substituents is 1. The normalized spacial score (nSPS) is 23.3. The third-order valence-corrected chi connectivity index (χ3v) is 23.7. The fourth-order valence-corrected chi connectivity index (χ4v) is 18.8. The molecule has 10 heterocycles. The number of nitrogens with zero attached hydrogens (tertiary/aromatic N) is 3. The maximum atomic E-state index is 15.8. The number of hydrogen-bond acceptors (Lipinski definition) is 26. The highest BCUT2D eigenvalue weighted by atomic mass is 32.2. The molecule has 0 saturated carbocycles. The Morgan fingerprint density at radius 2 is 1.50 bits per heavy atom. The molecule has 9 amide bonds. The lowest BCUT2D eigenvalue weighted by atomic mass is 9.75. The summed E-state index contributed by atoms with van der Waals surface area (Å²) in [4.78, 5) is 140. The van der Waals surface area contributed by atoms with Gasteiger partial charge in [-0.2, -0.15) is 0 Å². The largest absolute Gasteiger partial charge is 0.504 e. The third kappa shape index (κ3) is 16.7. The number of carbonyl (C=O) groups excluding carboxylic acids is 10. The Hall–Kier alpha value is -10.1. The van der Waals surface area contributed by atoms with Crippen molar-refractivity contribution < 1.29 is 106 Å². The van der Waals surface area contributed by atoms with E-state index in [2.05, 4.69) is 54.0 Å². The molecule has 4 bridgehead atoms. The third-order valence-electron chi connectivity index (χ3n) is 22.2. The molecule has 1 aromatic heterocycles. The number of methoxy groups -OCH3 is 1. The van der Waals surface area contributed by atoms with Crippen molar-refractivity contribution in [1.29, 1.82) is 0 Å². The standard InChI is InChI=1S/C79H98N12O22S/c1-42(2)62(87-56(94)21-25-105-27-29-107-31-32-108-30-28-106-26-23-81-55(93)20-24-89-57(95)18-19-58(89)96)73(99)86-53(13-10-22-82-75(80)101)72(98)84-47-16-14-46(15-17-47)36-110-76(102)83-35-48-34-50-49-11-8-9-12-52(49)85-71(50)79(88-48)40-114-70-61-60(69-68(111-41-112-69)44(4)67(61)113-45(5)92)54(37-109-74(79)100)91-64(70)63-59-51(33-43(3)66(104-7)65(59)97)77(6)38-78(91,103)39-90(63)77/h8-9,11-12,14-19,33,42,48,53-54,62-64,70,85,88,97,103H,10,13,20-32,34-41H2,1-7H3,(H,81,93)(H,83,102)(H,84,98)(H,86,99)(H,87,94)(H3,80,82,101)/t48-,53+,54+,62+,63-,64?,70-,77?,78?,79-/m1/s1. The summed E-state index contributed by atoms with van der Waals surface area (Å²) in [7, 11) is 1.52. The van der Waals surface area contributed by atoms with Crippen molar-refractivity contribution in [3.63, 3.8) is 0 Å². The van der Waals surface area contributed by atoms with Crippen LogP contribution in [0.25, 0.3) is 10.9 Å². The zero-order valence-electron chi connectivity index (χ0n) is 64.6. The van der Waals surface area contributed by atoms with Crippen LogP contribution in [0.3, 0.4) is 0 Å². The van der Waals surface area contributed by atoms with E-state index in [9.17, 15) is 53.4 Å². The van der Waals surface area contributed by atoms with Gasteiger partial charge < -0.3 is 100 Å². The maximum Gasteiger partial charge on any atom is 0.407 e. The number of carbonyl (C=O) groups is 10. The van der Waals surface area contributed by atoms with Crippen LogP contribution in [-0.4, -0.2) is 231 Å². The second kappa shape index (κ2) is 34.9. The number of urea groups is 1. The number of aliphatic hydroxyl groups is 1. The molecule has 4 aromatic carbocycles. The Morgan fingerprint density at radius 1 is 0.798 bits per heavy atom. The number of hydrogen-bond donors (Lipinski definition) is 11. The van der Waals surface area contributed by atoms with E-state index in [1.165, 1.54) is 37.9 Å². The Kier molecular flexibility index (Phi) is 25.1. The zero-order chi connectivity index (χ0) is 80.9. The maximum absolute atomic E-state index is 15.8. The molecule has 114 heavy (non-hydrogen) atoms. The van der Waals surface area contributed by atoms with Crippen molar-refractivity contribution in [1.82, 2.24) is 51.6 Å². The molecule has 3 unspecified atom stereocenters. The monoisotopic (exact) mass is 1600 g/mol. The minimum Gasteiger partial charge on any atom is -0.504 e. The molecular formula is C79H98N12O22S. The summed E-state index contributed by atoms with van der Waals surface area (Å²) < 4.78 is 59.3. The summed E-state index contributed by atoms with van der Waals surface area (Å²) in [5.41, 5.74) is 8.37. The number of anilines is 1. The number of piperazine rings is 1. The molecule has 9 aliphatic rings. The van der Waals surface area contributed by atoms with E-state index in [1.54, 1.807) is 45.0 Å². The Balaban J connectivity index is 0.613. The molecule has 35 heteroatoms. The van der Waals surface area contributed by atoms with E-state index >= 15 is 4.79 Å². The number of alkyl carbamates (subject to hydrolysis) is 1. The van der Waals surface area contributed by atoms with Crippen LogP contribution in [0.4, 0.5) is 15.3 Å². The summed E-state index contributed by atoms with van der Waals surface area (Å²) in [6.45, 7) is 12.3. The number of aryl methyl sites for hydroxylation is 1. The molecule has 0 aliphatic carbocycles. The zero-order valence-corrected chi connectivity index (χ0v) is 65.4. The van der Waals surface area contributed by atoms with Gasteiger partial charge in [-0.25, -0.2) is 14.4 Å². The minimum absolute atomic E-state index is 0.000845. The number of fused-ring (bicyclic) bond motifs is 11. The highest BCUT2D eigenvalue weighted by molar-refractivity contribution is 7.99. The number of nitrogens with one attached hydrogen (secondary N) is 8. The van der Waals surface area contributed by atoms with Crippen LogP contribution >= 0.6 is 11.8 Å². The van der Waals surface area contributed by atoms with E-state index in [4.69, 9.17) is 53.1 Å². The van der Waals surface area contributed by atoms with Crippen molar-refractivity contribution in [2.75, 3.05) is 117 Å². The summed E-state index contributed by atoms with van der Waals surface area (Å²) in [6, 6.07) is 10.5. The number of aromatic hydroxyl groups is 1. The Bertz CT molecular complexity index is 4560. The lowest BCUT2D eigenvalue weighted by molar-refractivity contribution is -0.196. The minimum atomic E-state index is -1.63. The summed E-state index contributed by atoms with van der Waals surface area (Å²) >= 11 is 1.42. The van der Waals surface area contributed by atoms with E-state index in [-0.39, 0.29) is 161 Å². The van der Waals surface area contributed by atoms with Crippen molar-refractivity contribution in [3.05, 3.63) is 117 Å². The number of H-pyrrole nitrogens is 1. The van der Waals surface area contributed by atoms with Gasteiger partial charge in [0.2, 0.25) is 30.4 Å². The number of thioether (sulfide) groups is 1. The SMILES string of the molecule is COc1c(C)cc2c(c1O)[C@@H]1C3[C@@H]4SC[C@]5(N[C@@H](CNC(=O)OCc6ccc(NC(=O)[C@H](CCCNC(N)=O)NC(=O)[C@@H](NC(=O)CCOCCOCCOCCOCCNC(=O)CCN7C(=O)C=CC7=O)C(C)C)cc6)Cc6c5[nH]c5ccccc65)C(=O)OC[C@@H](c5c6c(c(C)c(OC(C)=O)c54)OCO6)N3C3(O)CN1C2(C)C3. The van der Waals surface area contributed by atoms with Crippen LogP contribution in [0, 0.1) is 19.8 Å². The molecule has 612 valence electrons. The average molecular weight is 1600 g/mol. The Morgan fingerprint density at radius 3 is 2.20 bits per heavy atom. The fourth-order valence-electron chi connectivity index (χ4n) is 17.1. The van der Waals surface area contributed by atoms with E-state index in [0.717, 1.165) is 32.5 Å². The smallest absolute Gasteiger partial charge is 0.407 e. The second-order valence-electron chi connectivity index (χ2n) is 30.1. The van der Waals surface area contributed by atoms with E-state index < -0.39 is 118 Å². The van der Waals surface area contributed by atoms with Gasteiger partial charge in [-0.05, 0) is 92.5 Å². The molecule has 1 spiro atoms. The number of esters is 2. The lowest BCUT2D eigenvalue weighted by Gasteiger charge is -2.59. The number of ether oxygens (including phenoxy) is 10. The molecule has 12 N–H and O–H groups in total. The Labute approximate surface area is 661 Å². The van der Waals surface area contributed by atoms with Crippen LogP contribution in [0.2, 0.25) is 0 Å². The number of benzene rings is 4. The lowest BCUT2D eigenvalue weighted by Crippen LogP contribution is -2.68. The predicted octanol–water partition coefficient (Wildman–Crippen LogP) is 3.82. The number of aromatic amines is 1. The highest BCUT2D eigenvalue weighted by Gasteiger charge is 2.72. The van der Waals surface area contributed by atoms with Gasteiger partial charge in [0.25, 0.3) is 11.8 Å². The van der Waals surface area contributed by atoms with Crippen molar-refractivity contribution in [2.45, 2.75) is 145 Å².